The first-order chi connectivity index (χ1) is 13.5. The fraction of sp³-hybridized carbons (Fsp3) is 0.562. The molecule has 2 aliphatic rings. The third kappa shape index (κ3) is 4.42. The lowest BCUT2D eigenvalue weighted by molar-refractivity contribution is -0.384. The summed E-state index contributed by atoms with van der Waals surface area (Å²) in [6, 6.07) is 3.11. The lowest BCUT2D eigenvalue weighted by Crippen LogP contribution is -2.62. The fourth-order valence-electron chi connectivity index (χ4n) is 2.95. The van der Waals surface area contributed by atoms with Crippen LogP contribution in [0.4, 0.5) is 18.9 Å². The van der Waals surface area contributed by atoms with Gasteiger partial charge in [-0.15, -0.1) is 0 Å². The van der Waals surface area contributed by atoms with Gasteiger partial charge >= 0.3 is 6.18 Å². The number of non-ortho nitro benzene ring substituents is 1. The maximum absolute atomic E-state index is 13.7. The number of hydrogen-bond donors (Lipinski definition) is 2. The van der Waals surface area contributed by atoms with Gasteiger partial charge in [-0.25, -0.2) is 0 Å². The van der Waals surface area contributed by atoms with Gasteiger partial charge in [-0.2, -0.15) is 13.2 Å². The molecule has 0 unspecified atom stereocenters. The molecule has 160 valence electrons. The summed E-state index contributed by atoms with van der Waals surface area (Å²) >= 11 is 1.04. The molecule has 29 heavy (non-hydrogen) atoms. The number of benzene rings is 1. The van der Waals surface area contributed by atoms with Crippen molar-refractivity contribution in [3.63, 3.8) is 0 Å². The number of nitro groups is 1. The molecule has 9 nitrogen and oxygen atoms in total. The Balaban J connectivity index is 1.83. The molecule has 3 rings (SSSR count). The molecule has 1 saturated heterocycles. The van der Waals surface area contributed by atoms with Crippen LogP contribution in [0.25, 0.3) is 0 Å². The maximum Gasteiger partial charge on any atom is 0.428 e. The second-order valence-corrected chi connectivity index (χ2v) is 7.76. The standard InChI is InChI=1S/C16H18F3N3O6S/c1-21(2)15-20-9-10(23)11(24)12(28-14(9)29-15)13(16(17,18)19)27-8-5-3-7(4-6-8)22(25)26/h3-6,9-14,23-24H,1-2H3/t9-,10-,11+,12+,13+,14-/m1/s1. The summed E-state index contributed by atoms with van der Waals surface area (Å²) in [4.78, 5) is 15.8. The molecule has 1 fully saturated rings. The highest BCUT2D eigenvalue weighted by atomic mass is 32.2. The molecule has 0 amide bonds. The molecule has 6 atom stereocenters. The van der Waals surface area contributed by atoms with E-state index in [1.54, 1.807) is 19.0 Å². The molecule has 0 spiro atoms. The Morgan fingerprint density at radius 3 is 2.41 bits per heavy atom. The summed E-state index contributed by atoms with van der Waals surface area (Å²) in [5.74, 6) is -0.297. The van der Waals surface area contributed by atoms with E-state index in [0.717, 1.165) is 36.0 Å². The van der Waals surface area contributed by atoms with Gasteiger partial charge in [0.05, 0.1) is 4.92 Å². The molecule has 0 saturated carbocycles. The minimum absolute atomic E-state index is 0.297. The largest absolute Gasteiger partial charge is 0.478 e. The number of thioether (sulfide) groups is 1. The predicted molar refractivity (Wildman–Crippen MR) is 96.7 cm³/mol. The fourth-order valence-corrected chi connectivity index (χ4v) is 4.10. The van der Waals surface area contributed by atoms with Gasteiger partial charge in [-0.05, 0) is 12.1 Å². The highest BCUT2D eigenvalue weighted by Gasteiger charge is 2.58. The van der Waals surface area contributed by atoms with Crippen molar-refractivity contribution in [2.75, 3.05) is 14.1 Å². The summed E-state index contributed by atoms with van der Waals surface area (Å²) in [6.45, 7) is 0. The van der Waals surface area contributed by atoms with Crippen molar-refractivity contribution in [3.05, 3.63) is 34.4 Å². The Morgan fingerprint density at radius 1 is 1.28 bits per heavy atom. The van der Waals surface area contributed by atoms with Crippen LogP contribution in [0, 0.1) is 10.1 Å². The van der Waals surface area contributed by atoms with E-state index < -0.39 is 47.0 Å². The van der Waals surface area contributed by atoms with Crippen LogP contribution < -0.4 is 4.74 Å². The van der Waals surface area contributed by atoms with Crippen molar-refractivity contribution in [2.24, 2.45) is 4.99 Å². The minimum atomic E-state index is -4.95. The molecule has 0 aromatic heterocycles. The van der Waals surface area contributed by atoms with Gasteiger partial charge in [-0.1, -0.05) is 11.8 Å². The van der Waals surface area contributed by atoms with Crippen LogP contribution in [0.5, 0.6) is 5.75 Å². The molecule has 0 radical (unpaired) electrons. The van der Waals surface area contributed by atoms with Crippen LogP contribution in [0.3, 0.4) is 0 Å². The molecule has 2 heterocycles. The second-order valence-electron chi connectivity index (χ2n) is 6.70. The summed E-state index contributed by atoms with van der Waals surface area (Å²) < 4.78 is 51.5. The zero-order valence-corrected chi connectivity index (χ0v) is 16.0. The van der Waals surface area contributed by atoms with E-state index >= 15 is 0 Å². The van der Waals surface area contributed by atoms with Crippen molar-refractivity contribution in [1.29, 1.82) is 0 Å². The van der Waals surface area contributed by atoms with Crippen LogP contribution in [-0.2, 0) is 4.74 Å². The number of aliphatic hydroxyl groups excluding tert-OH is 2. The van der Waals surface area contributed by atoms with Gasteiger partial charge in [0, 0.05) is 26.2 Å². The quantitative estimate of drug-likeness (QED) is 0.536. The zero-order chi connectivity index (χ0) is 21.5. The Bertz CT molecular complexity index is 791. The molecule has 13 heteroatoms. The summed E-state index contributed by atoms with van der Waals surface area (Å²) in [6.07, 6.45) is -13.0. The molecule has 1 aromatic carbocycles. The molecule has 1 aromatic rings. The summed E-state index contributed by atoms with van der Waals surface area (Å²) in [5.41, 5.74) is -1.25. The molecular formula is C16H18F3N3O6S. The first-order valence-electron chi connectivity index (χ1n) is 8.40. The van der Waals surface area contributed by atoms with Gasteiger partial charge in [0.15, 0.2) is 5.17 Å². The monoisotopic (exact) mass is 437 g/mol. The number of ether oxygens (including phenoxy) is 2. The first-order valence-corrected chi connectivity index (χ1v) is 9.28. The highest BCUT2D eigenvalue weighted by Crippen LogP contribution is 2.41. The van der Waals surface area contributed by atoms with Gasteiger partial charge in [-0.3, -0.25) is 15.1 Å². The molecule has 0 aliphatic carbocycles. The Hall–Kier alpha value is -2.09. The Morgan fingerprint density at radius 2 is 1.90 bits per heavy atom. The van der Waals surface area contributed by atoms with Crippen molar-refractivity contribution in [1.82, 2.24) is 4.90 Å². The zero-order valence-electron chi connectivity index (χ0n) is 15.2. The number of nitrogens with zero attached hydrogens (tertiary/aromatic N) is 3. The van der Waals surface area contributed by atoms with Crippen LogP contribution in [0.15, 0.2) is 29.3 Å². The normalized spacial score (nSPS) is 30.3. The third-order valence-electron chi connectivity index (χ3n) is 4.40. The van der Waals surface area contributed by atoms with Crippen LogP contribution in [0.2, 0.25) is 0 Å². The molecular weight excluding hydrogens is 419 g/mol. The first kappa shape index (κ1) is 21.6. The smallest absolute Gasteiger partial charge is 0.428 e. The number of nitro benzene ring substituents is 1. The number of rotatable bonds is 4. The number of aliphatic imine (C=N–C) groups is 1. The van der Waals surface area contributed by atoms with Crippen molar-refractivity contribution >= 4 is 22.6 Å². The summed E-state index contributed by atoms with van der Waals surface area (Å²) in [5, 5.41) is 31.8. The van der Waals surface area contributed by atoms with Gasteiger partial charge in [0.2, 0.25) is 6.10 Å². The predicted octanol–water partition coefficient (Wildman–Crippen LogP) is 1.38. The molecule has 0 bridgehead atoms. The lowest BCUT2D eigenvalue weighted by atomic mass is 9.94. The summed E-state index contributed by atoms with van der Waals surface area (Å²) in [7, 11) is 3.36. The van der Waals surface area contributed by atoms with Gasteiger partial charge in [0.1, 0.15) is 35.5 Å². The molecule has 2 aliphatic heterocycles. The number of alkyl halides is 3. The van der Waals surface area contributed by atoms with E-state index in [9.17, 15) is 33.5 Å². The van der Waals surface area contributed by atoms with Crippen molar-refractivity contribution in [2.45, 2.75) is 42.1 Å². The number of aliphatic hydroxyl groups is 2. The van der Waals surface area contributed by atoms with Crippen LogP contribution >= 0.6 is 11.8 Å². The van der Waals surface area contributed by atoms with Crippen molar-refractivity contribution < 1.29 is 37.8 Å². The van der Waals surface area contributed by atoms with E-state index in [1.165, 1.54) is 0 Å². The second kappa shape index (κ2) is 7.97. The molecule has 2 N–H and O–H groups in total. The van der Waals surface area contributed by atoms with E-state index in [2.05, 4.69) is 4.99 Å². The van der Waals surface area contributed by atoms with E-state index in [0.29, 0.717) is 5.17 Å². The van der Waals surface area contributed by atoms with Gasteiger partial charge < -0.3 is 24.6 Å². The Kier molecular flexibility index (Phi) is 5.94. The van der Waals surface area contributed by atoms with Crippen LogP contribution in [0.1, 0.15) is 0 Å². The number of hydrogen-bond acceptors (Lipinski definition) is 9. The van der Waals surface area contributed by atoms with Crippen LogP contribution in [-0.4, -0.2) is 81.4 Å². The highest BCUT2D eigenvalue weighted by molar-refractivity contribution is 8.14. The SMILES string of the molecule is CN(C)C1=N[C@@H]2[C@@H](O)[C@H](O)[C@@H]([C@H](Oc3ccc([N+](=O)[O-])cc3)C(F)(F)F)O[C@@H]2S1. The minimum Gasteiger partial charge on any atom is -0.478 e. The van der Waals surface area contributed by atoms with E-state index in [-0.39, 0.29) is 11.4 Å². The lowest BCUT2D eigenvalue weighted by Gasteiger charge is -2.41. The number of halogens is 3. The Labute approximate surface area is 167 Å². The van der Waals surface area contributed by atoms with Gasteiger partial charge in [0.25, 0.3) is 5.69 Å². The number of amidine groups is 1. The van der Waals surface area contributed by atoms with Crippen molar-refractivity contribution in [3.8, 4) is 5.75 Å². The van der Waals surface area contributed by atoms with E-state index in [4.69, 9.17) is 9.47 Å². The van der Waals surface area contributed by atoms with E-state index in [1.807, 2.05) is 0 Å². The topological polar surface area (TPSA) is 118 Å². The average Bonchev–Trinajstić information content (AvgIpc) is 3.07. The number of fused-ring (bicyclic) bond motifs is 1. The third-order valence-corrected chi connectivity index (χ3v) is 5.71. The maximum atomic E-state index is 13.7. The average molecular weight is 437 g/mol.